The van der Waals surface area contributed by atoms with Crippen molar-refractivity contribution in [3.63, 3.8) is 0 Å². The molecule has 0 saturated heterocycles. The Morgan fingerprint density at radius 2 is 1.78 bits per heavy atom. The van der Waals surface area contributed by atoms with Gasteiger partial charge in [-0.05, 0) is 34.0 Å². The van der Waals surface area contributed by atoms with Crippen LogP contribution in [0.4, 0.5) is 4.39 Å². The van der Waals surface area contributed by atoms with E-state index in [4.69, 9.17) is 4.84 Å². The first-order valence-electron chi connectivity index (χ1n) is 7.34. The van der Waals surface area contributed by atoms with Gasteiger partial charge >= 0.3 is 0 Å². The molecular weight excluding hydrogens is 293 g/mol. The van der Waals surface area contributed by atoms with Gasteiger partial charge in [0.25, 0.3) is 0 Å². The van der Waals surface area contributed by atoms with Crippen LogP contribution in [0.25, 0.3) is 10.8 Å². The Labute approximate surface area is 133 Å². The number of fused-ring (bicyclic) bond motifs is 1. The molecule has 3 aromatic rings. The molecule has 0 aromatic heterocycles. The fourth-order valence-corrected chi connectivity index (χ4v) is 2.48. The van der Waals surface area contributed by atoms with Crippen molar-refractivity contribution in [3.05, 3.63) is 83.7 Å². The summed E-state index contributed by atoms with van der Waals surface area (Å²) in [5.74, 6) is -0.564. The molecule has 1 amide bonds. The van der Waals surface area contributed by atoms with Gasteiger partial charge in [0, 0.05) is 0 Å². The summed E-state index contributed by atoms with van der Waals surface area (Å²) in [6.45, 7) is 0.124. The molecule has 0 bridgehead atoms. The maximum atomic E-state index is 13.0. The van der Waals surface area contributed by atoms with Crippen LogP contribution in [0.1, 0.15) is 11.1 Å². The van der Waals surface area contributed by atoms with Crippen LogP contribution in [-0.4, -0.2) is 5.91 Å². The van der Waals surface area contributed by atoms with E-state index in [1.165, 1.54) is 12.1 Å². The smallest absolute Gasteiger partial charge is 0.247 e. The molecule has 0 radical (unpaired) electrons. The van der Waals surface area contributed by atoms with Crippen molar-refractivity contribution in [2.24, 2.45) is 0 Å². The van der Waals surface area contributed by atoms with Gasteiger partial charge in [0.15, 0.2) is 0 Å². The van der Waals surface area contributed by atoms with Crippen molar-refractivity contribution in [1.29, 1.82) is 0 Å². The zero-order chi connectivity index (χ0) is 16.1. The lowest BCUT2D eigenvalue weighted by Crippen LogP contribution is -2.25. The predicted octanol–water partition coefficient (Wildman–Crippen LogP) is 3.77. The van der Waals surface area contributed by atoms with Crippen LogP contribution >= 0.6 is 0 Å². The van der Waals surface area contributed by atoms with Crippen molar-refractivity contribution in [2.45, 2.75) is 13.0 Å². The minimum Gasteiger partial charge on any atom is -0.272 e. The lowest BCUT2D eigenvalue weighted by atomic mass is 10.0. The highest BCUT2D eigenvalue weighted by Crippen LogP contribution is 2.18. The third-order valence-corrected chi connectivity index (χ3v) is 3.54. The number of carbonyl (C=O) groups is 1. The van der Waals surface area contributed by atoms with Crippen LogP contribution in [0.5, 0.6) is 0 Å². The molecule has 3 aromatic carbocycles. The highest BCUT2D eigenvalue weighted by Gasteiger charge is 2.07. The largest absolute Gasteiger partial charge is 0.272 e. The highest BCUT2D eigenvalue weighted by molar-refractivity contribution is 5.89. The van der Waals surface area contributed by atoms with Crippen molar-refractivity contribution in [2.75, 3.05) is 0 Å². The van der Waals surface area contributed by atoms with E-state index >= 15 is 0 Å². The standard InChI is InChI=1S/C19H16FNO2/c20-17-9-3-5-14(11-17)13-23-21-19(22)12-16-8-4-7-15-6-1-2-10-18(15)16/h1-11H,12-13H2,(H,21,22). The summed E-state index contributed by atoms with van der Waals surface area (Å²) >= 11 is 0. The lowest BCUT2D eigenvalue weighted by molar-refractivity contribution is -0.133. The number of nitrogens with one attached hydrogen (secondary N) is 1. The Bertz CT molecular complexity index is 827. The zero-order valence-electron chi connectivity index (χ0n) is 12.5. The third-order valence-electron chi connectivity index (χ3n) is 3.54. The second kappa shape index (κ2) is 7.03. The van der Waals surface area contributed by atoms with E-state index in [0.29, 0.717) is 5.56 Å². The average Bonchev–Trinajstić information content (AvgIpc) is 2.55. The van der Waals surface area contributed by atoms with Crippen LogP contribution in [0.15, 0.2) is 66.7 Å². The normalized spacial score (nSPS) is 10.7. The highest BCUT2D eigenvalue weighted by atomic mass is 19.1. The lowest BCUT2D eigenvalue weighted by Gasteiger charge is -2.08. The predicted molar refractivity (Wildman–Crippen MR) is 87.0 cm³/mol. The zero-order valence-corrected chi connectivity index (χ0v) is 12.5. The first-order chi connectivity index (χ1) is 11.2. The van der Waals surface area contributed by atoms with Crippen molar-refractivity contribution in [1.82, 2.24) is 5.48 Å². The fraction of sp³-hybridized carbons (Fsp3) is 0.105. The number of benzene rings is 3. The van der Waals surface area contributed by atoms with Gasteiger partial charge in [-0.25, -0.2) is 9.87 Å². The van der Waals surface area contributed by atoms with Gasteiger partial charge in [0.2, 0.25) is 5.91 Å². The molecule has 0 aliphatic rings. The van der Waals surface area contributed by atoms with E-state index in [1.54, 1.807) is 12.1 Å². The van der Waals surface area contributed by atoms with Gasteiger partial charge in [-0.2, -0.15) is 0 Å². The van der Waals surface area contributed by atoms with Crippen molar-refractivity contribution >= 4 is 16.7 Å². The molecule has 3 rings (SSSR count). The van der Waals surface area contributed by atoms with Crippen LogP contribution in [0, 0.1) is 5.82 Å². The molecule has 0 fully saturated rings. The quantitative estimate of drug-likeness (QED) is 0.729. The van der Waals surface area contributed by atoms with Gasteiger partial charge in [-0.1, -0.05) is 54.6 Å². The van der Waals surface area contributed by atoms with E-state index in [0.717, 1.165) is 16.3 Å². The molecule has 0 unspecified atom stereocenters. The summed E-state index contributed by atoms with van der Waals surface area (Å²) in [7, 11) is 0. The van der Waals surface area contributed by atoms with Crippen LogP contribution < -0.4 is 5.48 Å². The number of hydrogen-bond acceptors (Lipinski definition) is 2. The van der Waals surface area contributed by atoms with Crippen LogP contribution in [0.2, 0.25) is 0 Å². The Morgan fingerprint density at radius 1 is 1.00 bits per heavy atom. The summed E-state index contributed by atoms with van der Waals surface area (Å²) in [4.78, 5) is 17.2. The van der Waals surface area contributed by atoms with Crippen LogP contribution in [-0.2, 0) is 22.7 Å². The molecule has 0 heterocycles. The second-order valence-electron chi connectivity index (χ2n) is 5.26. The Balaban J connectivity index is 1.59. The first-order valence-corrected chi connectivity index (χ1v) is 7.34. The molecule has 0 aliphatic heterocycles. The molecule has 23 heavy (non-hydrogen) atoms. The number of rotatable bonds is 5. The van der Waals surface area contributed by atoms with E-state index in [9.17, 15) is 9.18 Å². The Kier molecular flexibility index (Phi) is 4.64. The minimum atomic E-state index is -0.326. The van der Waals surface area contributed by atoms with Gasteiger partial charge in [0.1, 0.15) is 5.82 Å². The van der Waals surface area contributed by atoms with E-state index in [1.807, 2.05) is 42.5 Å². The van der Waals surface area contributed by atoms with Crippen molar-refractivity contribution < 1.29 is 14.0 Å². The average molecular weight is 309 g/mol. The van der Waals surface area contributed by atoms with Gasteiger partial charge in [-0.3, -0.25) is 9.63 Å². The molecule has 0 saturated carbocycles. The van der Waals surface area contributed by atoms with Gasteiger partial charge in [0.05, 0.1) is 13.0 Å². The van der Waals surface area contributed by atoms with Gasteiger partial charge < -0.3 is 0 Å². The number of hydrogen-bond donors (Lipinski definition) is 1. The monoisotopic (exact) mass is 309 g/mol. The topological polar surface area (TPSA) is 38.3 Å². The van der Waals surface area contributed by atoms with Crippen LogP contribution in [0.3, 0.4) is 0 Å². The number of hydroxylamine groups is 1. The van der Waals surface area contributed by atoms with E-state index in [2.05, 4.69) is 5.48 Å². The first kappa shape index (κ1) is 15.2. The SMILES string of the molecule is O=C(Cc1cccc2ccccc12)NOCc1cccc(F)c1. The Morgan fingerprint density at radius 3 is 2.65 bits per heavy atom. The molecular formula is C19H16FNO2. The summed E-state index contributed by atoms with van der Waals surface area (Å²) in [5.41, 5.74) is 4.00. The summed E-state index contributed by atoms with van der Waals surface area (Å²) in [6.07, 6.45) is 0.227. The molecule has 0 aliphatic carbocycles. The third kappa shape index (κ3) is 3.93. The molecule has 0 atom stereocenters. The van der Waals surface area contributed by atoms with Crippen molar-refractivity contribution in [3.8, 4) is 0 Å². The maximum Gasteiger partial charge on any atom is 0.247 e. The molecule has 4 heteroatoms. The van der Waals surface area contributed by atoms with E-state index < -0.39 is 0 Å². The van der Waals surface area contributed by atoms with E-state index in [-0.39, 0.29) is 24.8 Å². The molecule has 0 spiro atoms. The number of halogens is 1. The number of amides is 1. The number of carbonyl (C=O) groups excluding carboxylic acids is 1. The van der Waals surface area contributed by atoms with Gasteiger partial charge in [-0.15, -0.1) is 0 Å². The minimum absolute atomic E-state index is 0.124. The second-order valence-corrected chi connectivity index (χ2v) is 5.26. The Hall–Kier alpha value is -2.72. The molecule has 1 N–H and O–H groups in total. The molecule has 3 nitrogen and oxygen atoms in total. The summed E-state index contributed by atoms with van der Waals surface area (Å²) < 4.78 is 13.0. The summed E-state index contributed by atoms with van der Waals surface area (Å²) in [5, 5.41) is 2.15. The fourth-order valence-electron chi connectivity index (χ4n) is 2.48. The molecule has 116 valence electrons. The summed E-state index contributed by atoms with van der Waals surface area (Å²) in [6, 6.07) is 19.9. The maximum absolute atomic E-state index is 13.0.